The summed E-state index contributed by atoms with van der Waals surface area (Å²) in [6, 6.07) is 6.70. The van der Waals surface area contributed by atoms with E-state index in [1.54, 1.807) is 24.3 Å². The Balaban J connectivity index is 3.02. The van der Waals surface area contributed by atoms with Gasteiger partial charge in [0.1, 0.15) is 0 Å². The highest BCUT2D eigenvalue weighted by molar-refractivity contribution is 6.60. The summed E-state index contributed by atoms with van der Waals surface area (Å²) in [5, 5.41) is 17.6. The summed E-state index contributed by atoms with van der Waals surface area (Å²) in [6.45, 7) is 0. The smallest absolute Gasteiger partial charge is 0.423 e. The van der Waals surface area contributed by atoms with Crippen molar-refractivity contribution < 1.29 is 10.0 Å². The van der Waals surface area contributed by atoms with Crippen LogP contribution in [0.3, 0.4) is 0 Å². The Bertz CT molecular complexity index is 242. The Morgan fingerprint density at radius 1 is 1.27 bits per heavy atom. The Morgan fingerprint density at radius 3 is 2.36 bits per heavy atom. The standard InChI is InChI=1S/C6H9BN2O2/c8-9-6-4-2-1-3-5(6)7(10)11/h1-4,9-11H,8H2. The summed E-state index contributed by atoms with van der Waals surface area (Å²) in [5.41, 5.74) is 3.24. The van der Waals surface area contributed by atoms with Gasteiger partial charge in [-0.15, -0.1) is 0 Å². The number of para-hydroxylation sites is 1. The molecule has 0 fully saturated rings. The number of rotatable bonds is 2. The highest BCUT2D eigenvalue weighted by Crippen LogP contribution is 2.00. The molecule has 0 aliphatic heterocycles. The first-order chi connectivity index (χ1) is 5.25. The normalized spacial score (nSPS) is 9.36. The summed E-state index contributed by atoms with van der Waals surface area (Å²) in [7, 11) is -1.48. The van der Waals surface area contributed by atoms with Gasteiger partial charge in [0.25, 0.3) is 0 Å². The maximum atomic E-state index is 8.80. The lowest BCUT2D eigenvalue weighted by Gasteiger charge is -2.05. The lowest BCUT2D eigenvalue weighted by Crippen LogP contribution is -2.33. The molecule has 0 saturated carbocycles. The predicted octanol–water partition coefficient (Wildman–Crippen LogP) is -1.35. The summed E-state index contributed by atoms with van der Waals surface area (Å²) in [6.07, 6.45) is 0. The summed E-state index contributed by atoms with van der Waals surface area (Å²) >= 11 is 0. The topological polar surface area (TPSA) is 78.5 Å². The number of hydrazine groups is 1. The summed E-state index contributed by atoms with van der Waals surface area (Å²) < 4.78 is 0. The maximum absolute atomic E-state index is 8.80. The Kier molecular flexibility index (Phi) is 2.48. The second kappa shape index (κ2) is 3.38. The molecule has 1 aromatic rings. The molecule has 0 saturated heterocycles. The first kappa shape index (κ1) is 8.07. The van der Waals surface area contributed by atoms with Gasteiger partial charge in [-0.2, -0.15) is 0 Å². The number of nitrogen functional groups attached to an aromatic ring is 1. The minimum Gasteiger partial charge on any atom is -0.423 e. The van der Waals surface area contributed by atoms with Crippen LogP contribution < -0.4 is 16.7 Å². The molecule has 0 aromatic heterocycles. The van der Waals surface area contributed by atoms with Crippen molar-refractivity contribution in [1.82, 2.24) is 0 Å². The first-order valence-electron chi connectivity index (χ1n) is 3.17. The van der Waals surface area contributed by atoms with Crippen molar-refractivity contribution in [1.29, 1.82) is 0 Å². The largest absolute Gasteiger partial charge is 0.490 e. The number of nitrogens with two attached hydrogens (primary N) is 1. The molecule has 0 atom stereocenters. The fourth-order valence-corrected chi connectivity index (χ4v) is 0.854. The lowest BCUT2D eigenvalue weighted by atomic mass is 9.79. The molecule has 0 heterocycles. The second-order valence-electron chi connectivity index (χ2n) is 2.11. The van der Waals surface area contributed by atoms with E-state index in [9.17, 15) is 0 Å². The van der Waals surface area contributed by atoms with Gasteiger partial charge < -0.3 is 15.5 Å². The molecular formula is C6H9BN2O2. The monoisotopic (exact) mass is 152 g/mol. The number of hydrogen-bond acceptors (Lipinski definition) is 4. The van der Waals surface area contributed by atoms with Crippen LogP contribution in [-0.2, 0) is 0 Å². The Labute approximate surface area is 64.8 Å². The van der Waals surface area contributed by atoms with Gasteiger partial charge in [-0.25, -0.2) is 0 Å². The maximum Gasteiger partial charge on any atom is 0.490 e. The van der Waals surface area contributed by atoms with Crippen LogP contribution in [0.1, 0.15) is 0 Å². The molecule has 0 spiro atoms. The zero-order chi connectivity index (χ0) is 8.27. The van der Waals surface area contributed by atoms with E-state index in [4.69, 9.17) is 15.9 Å². The van der Waals surface area contributed by atoms with Gasteiger partial charge in [0.05, 0.1) is 0 Å². The number of hydrogen-bond donors (Lipinski definition) is 4. The third-order valence-electron chi connectivity index (χ3n) is 1.39. The molecule has 0 unspecified atom stereocenters. The van der Waals surface area contributed by atoms with E-state index < -0.39 is 7.12 Å². The van der Waals surface area contributed by atoms with Gasteiger partial charge in [0, 0.05) is 11.2 Å². The molecular weight excluding hydrogens is 143 g/mol. The van der Waals surface area contributed by atoms with E-state index in [0.29, 0.717) is 11.2 Å². The molecule has 5 N–H and O–H groups in total. The van der Waals surface area contributed by atoms with Gasteiger partial charge in [0.2, 0.25) is 0 Å². The molecule has 0 aliphatic rings. The van der Waals surface area contributed by atoms with Gasteiger partial charge in [-0.1, -0.05) is 18.2 Å². The van der Waals surface area contributed by atoms with Gasteiger partial charge in [-0.3, -0.25) is 5.84 Å². The quantitative estimate of drug-likeness (QED) is 0.240. The third kappa shape index (κ3) is 1.71. The molecule has 0 bridgehead atoms. The van der Waals surface area contributed by atoms with Crippen molar-refractivity contribution in [3.8, 4) is 0 Å². The van der Waals surface area contributed by atoms with Crippen molar-refractivity contribution in [2.75, 3.05) is 5.43 Å². The van der Waals surface area contributed by atoms with Crippen LogP contribution in [0.2, 0.25) is 0 Å². The zero-order valence-electron chi connectivity index (χ0n) is 5.86. The van der Waals surface area contributed by atoms with E-state index in [1.807, 2.05) is 0 Å². The summed E-state index contributed by atoms with van der Waals surface area (Å²) in [4.78, 5) is 0. The van der Waals surface area contributed by atoms with Crippen molar-refractivity contribution in [3.05, 3.63) is 24.3 Å². The van der Waals surface area contributed by atoms with E-state index in [-0.39, 0.29) is 0 Å². The first-order valence-corrected chi connectivity index (χ1v) is 3.17. The highest BCUT2D eigenvalue weighted by Gasteiger charge is 2.13. The molecule has 5 heteroatoms. The van der Waals surface area contributed by atoms with Crippen molar-refractivity contribution >= 4 is 18.3 Å². The minimum atomic E-state index is -1.48. The van der Waals surface area contributed by atoms with Crippen LogP contribution in [-0.4, -0.2) is 17.2 Å². The van der Waals surface area contributed by atoms with Crippen LogP contribution in [0.4, 0.5) is 5.69 Å². The number of anilines is 1. The van der Waals surface area contributed by atoms with Crippen LogP contribution in [0.25, 0.3) is 0 Å². The zero-order valence-corrected chi connectivity index (χ0v) is 5.86. The van der Waals surface area contributed by atoms with Gasteiger partial charge in [0.15, 0.2) is 0 Å². The molecule has 58 valence electrons. The van der Waals surface area contributed by atoms with Gasteiger partial charge in [-0.05, 0) is 6.07 Å². The summed E-state index contributed by atoms with van der Waals surface area (Å²) in [5.74, 6) is 5.12. The third-order valence-corrected chi connectivity index (χ3v) is 1.39. The van der Waals surface area contributed by atoms with Crippen molar-refractivity contribution in [2.24, 2.45) is 5.84 Å². The van der Waals surface area contributed by atoms with Crippen LogP contribution in [0.5, 0.6) is 0 Å². The molecule has 0 amide bonds. The molecule has 1 aromatic carbocycles. The second-order valence-corrected chi connectivity index (χ2v) is 2.11. The Morgan fingerprint density at radius 2 is 1.91 bits per heavy atom. The van der Waals surface area contributed by atoms with E-state index in [2.05, 4.69) is 5.43 Å². The van der Waals surface area contributed by atoms with Crippen LogP contribution in [0, 0.1) is 0 Å². The Hall–Kier alpha value is -1.04. The minimum absolute atomic E-state index is 0.370. The molecule has 11 heavy (non-hydrogen) atoms. The van der Waals surface area contributed by atoms with Gasteiger partial charge >= 0.3 is 7.12 Å². The van der Waals surface area contributed by atoms with E-state index in [1.165, 1.54) is 0 Å². The number of nitrogens with one attached hydrogen (secondary N) is 1. The highest BCUT2D eigenvalue weighted by atomic mass is 16.4. The van der Waals surface area contributed by atoms with Crippen LogP contribution in [0.15, 0.2) is 24.3 Å². The molecule has 0 radical (unpaired) electrons. The number of benzene rings is 1. The van der Waals surface area contributed by atoms with Crippen molar-refractivity contribution in [2.45, 2.75) is 0 Å². The predicted molar refractivity (Wildman–Crippen MR) is 44.1 cm³/mol. The lowest BCUT2D eigenvalue weighted by molar-refractivity contribution is 0.426. The van der Waals surface area contributed by atoms with E-state index >= 15 is 0 Å². The molecule has 1 rings (SSSR count). The van der Waals surface area contributed by atoms with Crippen molar-refractivity contribution in [3.63, 3.8) is 0 Å². The SMILES string of the molecule is NNc1ccccc1B(O)O. The average Bonchev–Trinajstić information content (AvgIpc) is 2.04. The van der Waals surface area contributed by atoms with Crippen LogP contribution >= 0.6 is 0 Å². The fourth-order valence-electron chi connectivity index (χ4n) is 0.854. The van der Waals surface area contributed by atoms with E-state index in [0.717, 1.165) is 0 Å². The average molecular weight is 152 g/mol. The fraction of sp³-hybridized carbons (Fsp3) is 0. The molecule has 0 aliphatic carbocycles. The molecule has 4 nitrogen and oxygen atoms in total.